The summed E-state index contributed by atoms with van der Waals surface area (Å²) in [6.45, 7) is 0. The monoisotopic (exact) mass is 200 g/mol. The van der Waals surface area contributed by atoms with Gasteiger partial charge in [-0.15, -0.1) is 12.4 Å². The van der Waals surface area contributed by atoms with Crippen LogP contribution in [0.4, 0.5) is 0 Å². The van der Waals surface area contributed by atoms with Crippen molar-refractivity contribution in [1.29, 1.82) is 0 Å². The highest BCUT2D eigenvalue weighted by Crippen LogP contribution is 2.32. The van der Waals surface area contributed by atoms with Crippen LogP contribution in [-0.2, 0) is 4.79 Å². The predicted molar refractivity (Wildman–Crippen MR) is 53.3 cm³/mol. The molecule has 3 nitrogen and oxygen atoms in total. The molecule has 4 heteroatoms. The van der Waals surface area contributed by atoms with E-state index in [2.05, 4.69) is 0 Å². The molecule has 1 aliphatic heterocycles. The number of carbonyl (C=O) groups is 1. The zero-order chi connectivity index (χ0) is 8.72. The van der Waals surface area contributed by atoms with Crippen molar-refractivity contribution in [3.05, 3.63) is 23.9 Å². The third kappa shape index (κ3) is 1.49. The van der Waals surface area contributed by atoms with E-state index in [0.29, 0.717) is 6.42 Å². The number of nitrogens with two attached hydrogens (primary N) is 1. The van der Waals surface area contributed by atoms with Crippen LogP contribution >= 0.6 is 12.4 Å². The van der Waals surface area contributed by atoms with Gasteiger partial charge in [-0.2, -0.15) is 0 Å². The Hall–Kier alpha value is -0.800. The second-order valence-electron chi connectivity index (χ2n) is 3.32. The first-order valence-electron chi connectivity index (χ1n) is 4.10. The summed E-state index contributed by atoms with van der Waals surface area (Å²) >= 11 is 0. The molecule has 72 valence electrons. The summed E-state index contributed by atoms with van der Waals surface area (Å²) in [5.74, 6) is 0.387. The standard InChI is InChI=1S/C9H12N2O.ClH/c1-11-8-4-2-3-7(10)6(8)5-9(11)12;/h2-4,6-7H,5,10H2,1H3;1H. The maximum absolute atomic E-state index is 11.3. The van der Waals surface area contributed by atoms with Gasteiger partial charge in [0.25, 0.3) is 0 Å². The Labute approximate surface area is 83.7 Å². The van der Waals surface area contributed by atoms with Crippen molar-refractivity contribution in [3.8, 4) is 0 Å². The number of hydrogen-bond donors (Lipinski definition) is 1. The second kappa shape index (κ2) is 3.52. The summed E-state index contributed by atoms with van der Waals surface area (Å²) in [4.78, 5) is 13.0. The average Bonchev–Trinajstić information content (AvgIpc) is 2.32. The fourth-order valence-electron chi connectivity index (χ4n) is 1.81. The molecule has 0 saturated carbocycles. The largest absolute Gasteiger partial charge is 0.324 e. The highest BCUT2D eigenvalue weighted by Gasteiger charge is 2.36. The highest BCUT2D eigenvalue weighted by atomic mass is 35.5. The van der Waals surface area contributed by atoms with Crippen LogP contribution in [0.2, 0.25) is 0 Å². The fraction of sp³-hybridized carbons (Fsp3) is 0.444. The molecule has 0 radical (unpaired) electrons. The first-order chi connectivity index (χ1) is 5.70. The van der Waals surface area contributed by atoms with Gasteiger partial charge in [0.1, 0.15) is 0 Å². The maximum Gasteiger partial charge on any atom is 0.227 e. The van der Waals surface area contributed by atoms with Crippen molar-refractivity contribution in [2.75, 3.05) is 7.05 Å². The Kier molecular flexibility index (Phi) is 2.78. The van der Waals surface area contributed by atoms with Crippen molar-refractivity contribution < 1.29 is 4.79 Å². The number of nitrogens with zero attached hydrogens (tertiary/aromatic N) is 1. The number of carbonyl (C=O) groups excluding carboxylic acids is 1. The van der Waals surface area contributed by atoms with Crippen LogP contribution in [0.15, 0.2) is 23.9 Å². The highest BCUT2D eigenvalue weighted by molar-refractivity contribution is 5.85. The number of halogens is 1. The van der Waals surface area contributed by atoms with Gasteiger partial charge in [-0.1, -0.05) is 12.2 Å². The number of allylic oxidation sites excluding steroid dienone is 2. The van der Waals surface area contributed by atoms with Gasteiger partial charge >= 0.3 is 0 Å². The fourth-order valence-corrected chi connectivity index (χ4v) is 1.81. The Balaban J connectivity index is 0.000000845. The molecule has 0 aromatic rings. The van der Waals surface area contributed by atoms with Crippen molar-refractivity contribution in [2.24, 2.45) is 11.7 Å². The molecule has 0 bridgehead atoms. The number of fused-ring (bicyclic) bond motifs is 1. The van der Waals surface area contributed by atoms with Crippen LogP contribution in [0.5, 0.6) is 0 Å². The third-order valence-electron chi connectivity index (χ3n) is 2.60. The van der Waals surface area contributed by atoms with Gasteiger partial charge in [-0.05, 0) is 6.08 Å². The van der Waals surface area contributed by atoms with Gasteiger partial charge in [0.05, 0.1) is 0 Å². The molecule has 2 aliphatic rings. The minimum absolute atomic E-state index is 0. The van der Waals surface area contributed by atoms with E-state index < -0.39 is 0 Å². The van der Waals surface area contributed by atoms with Crippen molar-refractivity contribution in [1.82, 2.24) is 4.90 Å². The lowest BCUT2D eigenvalue weighted by molar-refractivity contribution is -0.125. The topological polar surface area (TPSA) is 46.3 Å². The maximum atomic E-state index is 11.3. The van der Waals surface area contributed by atoms with Crippen molar-refractivity contribution in [2.45, 2.75) is 12.5 Å². The summed E-state index contributed by atoms with van der Waals surface area (Å²) in [5.41, 5.74) is 6.90. The van der Waals surface area contributed by atoms with E-state index in [4.69, 9.17) is 5.73 Å². The molecule has 1 heterocycles. The molecule has 1 aliphatic carbocycles. The third-order valence-corrected chi connectivity index (χ3v) is 2.60. The predicted octanol–water partition coefficient (Wildman–Crippen LogP) is 0.667. The quantitative estimate of drug-likeness (QED) is 0.625. The molecule has 0 aromatic heterocycles. The molecule has 2 rings (SSSR count). The van der Waals surface area contributed by atoms with Crippen molar-refractivity contribution in [3.63, 3.8) is 0 Å². The molecule has 1 amide bonds. The Morgan fingerprint density at radius 2 is 2.31 bits per heavy atom. The van der Waals surface area contributed by atoms with Crippen LogP contribution < -0.4 is 5.73 Å². The van der Waals surface area contributed by atoms with Gasteiger partial charge in [0.2, 0.25) is 5.91 Å². The van der Waals surface area contributed by atoms with Crippen LogP contribution in [0, 0.1) is 5.92 Å². The summed E-state index contributed by atoms with van der Waals surface area (Å²) in [6, 6.07) is 0.0129. The summed E-state index contributed by atoms with van der Waals surface area (Å²) in [5, 5.41) is 0. The molecule has 2 N–H and O–H groups in total. The van der Waals surface area contributed by atoms with Crippen LogP contribution in [0.25, 0.3) is 0 Å². The molecular formula is C9H13ClN2O. The Morgan fingerprint density at radius 1 is 1.62 bits per heavy atom. The average molecular weight is 201 g/mol. The smallest absolute Gasteiger partial charge is 0.227 e. The summed E-state index contributed by atoms with van der Waals surface area (Å²) in [7, 11) is 1.81. The molecule has 2 atom stereocenters. The number of rotatable bonds is 0. The lowest BCUT2D eigenvalue weighted by Gasteiger charge is -2.21. The van der Waals surface area contributed by atoms with Crippen LogP contribution in [-0.4, -0.2) is 23.9 Å². The van der Waals surface area contributed by atoms with Gasteiger partial charge in [0, 0.05) is 31.1 Å². The summed E-state index contributed by atoms with van der Waals surface area (Å²) in [6.07, 6.45) is 6.40. The molecular weight excluding hydrogens is 188 g/mol. The molecule has 0 spiro atoms. The van der Waals surface area contributed by atoms with E-state index in [1.54, 1.807) is 11.9 Å². The minimum atomic E-state index is 0. The van der Waals surface area contributed by atoms with Gasteiger partial charge in [-0.25, -0.2) is 0 Å². The van der Waals surface area contributed by atoms with Crippen molar-refractivity contribution >= 4 is 18.3 Å². The zero-order valence-electron chi connectivity index (χ0n) is 7.43. The number of hydrogen-bond acceptors (Lipinski definition) is 2. The molecule has 2 unspecified atom stereocenters. The van der Waals surface area contributed by atoms with E-state index in [-0.39, 0.29) is 30.3 Å². The van der Waals surface area contributed by atoms with E-state index in [0.717, 1.165) is 5.70 Å². The Bertz CT molecular complexity index is 285. The van der Waals surface area contributed by atoms with Gasteiger partial charge in [-0.3, -0.25) is 4.79 Å². The lowest BCUT2D eigenvalue weighted by Crippen LogP contribution is -2.30. The molecule has 1 fully saturated rings. The molecule has 0 aromatic carbocycles. The molecule has 1 saturated heterocycles. The summed E-state index contributed by atoms with van der Waals surface area (Å²) < 4.78 is 0. The zero-order valence-corrected chi connectivity index (χ0v) is 8.25. The van der Waals surface area contributed by atoms with Crippen LogP contribution in [0.1, 0.15) is 6.42 Å². The number of likely N-dealkylation sites (tertiary alicyclic amines) is 1. The first kappa shape index (κ1) is 10.3. The van der Waals surface area contributed by atoms with Gasteiger partial charge < -0.3 is 10.6 Å². The minimum Gasteiger partial charge on any atom is -0.324 e. The van der Waals surface area contributed by atoms with Gasteiger partial charge in [0.15, 0.2) is 0 Å². The number of amides is 1. The lowest BCUT2D eigenvalue weighted by atomic mass is 9.92. The van der Waals surface area contributed by atoms with E-state index in [9.17, 15) is 4.79 Å². The first-order valence-corrected chi connectivity index (χ1v) is 4.10. The van der Waals surface area contributed by atoms with Crippen LogP contribution in [0.3, 0.4) is 0 Å². The SMILES string of the molecule is CN1C(=O)CC2C1=CC=CC2N.Cl. The molecule has 13 heavy (non-hydrogen) atoms. The van der Waals surface area contributed by atoms with E-state index in [1.165, 1.54) is 0 Å². The van der Waals surface area contributed by atoms with E-state index >= 15 is 0 Å². The second-order valence-corrected chi connectivity index (χ2v) is 3.32. The Morgan fingerprint density at radius 3 is 2.92 bits per heavy atom. The normalized spacial score (nSPS) is 31.1. The van der Waals surface area contributed by atoms with E-state index in [1.807, 2.05) is 18.2 Å².